The fraction of sp³-hybridized carbons (Fsp3) is 0.333. The molecule has 206 valence electrons. The lowest BCUT2D eigenvalue weighted by atomic mass is 9.83. The molecule has 4 aromatic rings. The fourth-order valence-corrected chi connectivity index (χ4v) is 6.59. The number of ether oxygens (including phenoxy) is 1. The molecule has 2 amide bonds. The SMILES string of the molecule is COc1ccc2cc3n(c2c1)CC(C(=O)NC1CCCCCC1)(c1ccccc1)N(Cc1cccc(Cl)c1)C3=O. The molecule has 3 aromatic carbocycles. The topological polar surface area (TPSA) is 63.6 Å². The molecule has 1 unspecified atom stereocenters. The molecular formula is C33H34ClN3O3. The third kappa shape index (κ3) is 4.75. The number of halogens is 1. The van der Waals surface area contributed by atoms with E-state index >= 15 is 0 Å². The minimum atomic E-state index is -1.27. The summed E-state index contributed by atoms with van der Waals surface area (Å²) in [6, 6.07) is 25.0. The van der Waals surface area contributed by atoms with Crippen molar-refractivity contribution >= 4 is 34.3 Å². The molecule has 1 atom stereocenters. The van der Waals surface area contributed by atoms with Crippen molar-refractivity contribution in [2.24, 2.45) is 0 Å². The quantitative estimate of drug-likeness (QED) is 0.269. The fourth-order valence-electron chi connectivity index (χ4n) is 6.37. The van der Waals surface area contributed by atoms with E-state index in [1.807, 2.05) is 83.4 Å². The number of fused-ring (bicyclic) bond motifs is 3. The van der Waals surface area contributed by atoms with Crippen molar-refractivity contribution in [1.29, 1.82) is 0 Å². The first-order valence-electron chi connectivity index (χ1n) is 14.1. The number of nitrogens with zero attached hydrogens (tertiary/aromatic N) is 2. The van der Waals surface area contributed by atoms with Crippen LogP contribution in [-0.4, -0.2) is 34.4 Å². The molecule has 1 saturated carbocycles. The Bertz CT molecular complexity index is 1540. The predicted molar refractivity (Wildman–Crippen MR) is 158 cm³/mol. The van der Waals surface area contributed by atoms with Gasteiger partial charge in [-0.05, 0) is 54.3 Å². The molecule has 6 nitrogen and oxygen atoms in total. The summed E-state index contributed by atoms with van der Waals surface area (Å²) < 4.78 is 7.51. The lowest BCUT2D eigenvalue weighted by molar-refractivity contribution is -0.136. The number of carbonyl (C=O) groups excluding carboxylic acids is 2. The zero-order valence-corrected chi connectivity index (χ0v) is 23.5. The number of amides is 2. The average molecular weight is 556 g/mol. The molecule has 0 radical (unpaired) electrons. The van der Waals surface area contributed by atoms with Gasteiger partial charge in [-0.15, -0.1) is 0 Å². The van der Waals surface area contributed by atoms with E-state index in [0.717, 1.165) is 47.7 Å². The Kier molecular flexibility index (Phi) is 7.28. The van der Waals surface area contributed by atoms with Crippen molar-refractivity contribution in [3.63, 3.8) is 0 Å². The van der Waals surface area contributed by atoms with Gasteiger partial charge < -0.3 is 19.5 Å². The molecule has 0 bridgehead atoms. The maximum Gasteiger partial charge on any atom is 0.272 e. The van der Waals surface area contributed by atoms with E-state index in [9.17, 15) is 9.59 Å². The molecule has 1 aliphatic heterocycles. The van der Waals surface area contributed by atoms with Crippen molar-refractivity contribution < 1.29 is 14.3 Å². The highest BCUT2D eigenvalue weighted by atomic mass is 35.5. The van der Waals surface area contributed by atoms with Crippen LogP contribution in [0.4, 0.5) is 0 Å². The lowest BCUT2D eigenvalue weighted by Gasteiger charge is -2.47. The van der Waals surface area contributed by atoms with Gasteiger partial charge in [-0.2, -0.15) is 0 Å². The zero-order chi connectivity index (χ0) is 27.7. The average Bonchev–Trinajstić information content (AvgIpc) is 3.13. The Balaban J connectivity index is 1.54. The van der Waals surface area contributed by atoms with Crippen molar-refractivity contribution in [3.05, 3.63) is 101 Å². The maximum atomic E-state index is 14.7. The number of nitrogens with one attached hydrogen (secondary N) is 1. The van der Waals surface area contributed by atoms with Gasteiger partial charge in [-0.25, -0.2) is 0 Å². The van der Waals surface area contributed by atoms with Gasteiger partial charge in [0.25, 0.3) is 11.8 Å². The van der Waals surface area contributed by atoms with Crippen LogP contribution in [0.2, 0.25) is 5.02 Å². The smallest absolute Gasteiger partial charge is 0.272 e. The van der Waals surface area contributed by atoms with Gasteiger partial charge in [0.05, 0.1) is 19.2 Å². The van der Waals surface area contributed by atoms with Gasteiger partial charge >= 0.3 is 0 Å². The summed E-state index contributed by atoms with van der Waals surface area (Å²) in [5, 5.41) is 4.94. The molecule has 6 rings (SSSR count). The zero-order valence-electron chi connectivity index (χ0n) is 22.7. The second-order valence-electron chi connectivity index (χ2n) is 10.9. The van der Waals surface area contributed by atoms with Crippen molar-refractivity contribution in [1.82, 2.24) is 14.8 Å². The molecular weight excluding hydrogens is 522 g/mol. The van der Waals surface area contributed by atoms with Crippen LogP contribution in [-0.2, 0) is 23.4 Å². The van der Waals surface area contributed by atoms with E-state index in [-0.39, 0.29) is 30.9 Å². The number of methoxy groups -OCH3 is 1. The van der Waals surface area contributed by atoms with E-state index < -0.39 is 5.54 Å². The van der Waals surface area contributed by atoms with Gasteiger partial charge in [0, 0.05) is 29.1 Å². The van der Waals surface area contributed by atoms with Gasteiger partial charge in [0.15, 0.2) is 5.54 Å². The highest BCUT2D eigenvalue weighted by Gasteiger charge is 2.52. The Morgan fingerprint density at radius 2 is 1.75 bits per heavy atom. The Morgan fingerprint density at radius 3 is 2.48 bits per heavy atom. The molecule has 2 heterocycles. The molecule has 0 saturated heterocycles. The second kappa shape index (κ2) is 11.0. The molecule has 1 fully saturated rings. The Morgan fingerprint density at radius 1 is 0.975 bits per heavy atom. The molecule has 1 aliphatic carbocycles. The number of aromatic nitrogens is 1. The Hall–Kier alpha value is -3.77. The van der Waals surface area contributed by atoms with Crippen molar-refractivity contribution in [3.8, 4) is 5.75 Å². The second-order valence-corrected chi connectivity index (χ2v) is 11.4. The lowest BCUT2D eigenvalue weighted by Crippen LogP contribution is -2.63. The molecule has 1 aromatic heterocycles. The number of benzene rings is 3. The minimum absolute atomic E-state index is 0.0848. The highest BCUT2D eigenvalue weighted by molar-refractivity contribution is 6.30. The van der Waals surface area contributed by atoms with Gasteiger partial charge in [0.2, 0.25) is 0 Å². The summed E-state index contributed by atoms with van der Waals surface area (Å²) >= 11 is 6.36. The van der Waals surface area contributed by atoms with E-state index in [4.69, 9.17) is 16.3 Å². The van der Waals surface area contributed by atoms with Crippen LogP contribution in [0.1, 0.15) is 60.1 Å². The summed E-state index contributed by atoms with van der Waals surface area (Å²) in [5.74, 6) is 0.369. The van der Waals surface area contributed by atoms with E-state index in [1.54, 1.807) is 12.0 Å². The molecule has 1 N–H and O–H groups in total. The van der Waals surface area contributed by atoms with Crippen molar-refractivity contribution in [2.45, 2.75) is 63.2 Å². The summed E-state index contributed by atoms with van der Waals surface area (Å²) in [7, 11) is 1.63. The minimum Gasteiger partial charge on any atom is -0.497 e. The van der Waals surface area contributed by atoms with E-state index in [2.05, 4.69) is 5.32 Å². The first kappa shape index (κ1) is 26.5. The number of hydrogen-bond acceptors (Lipinski definition) is 3. The van der Waals surface area contributed by atoms with E-state index in [1.165, 1.54) is 12.8 Å². The monoisotopic (exact) mass is 555 g/mol. The van der Waals surface area contributed by atoms with Crippen LogP contribution in [0.3, 0.4) is 0 Å². The van der Waals surface area contributed by atoms with Gasteiger partial charge in [-0.3, -0.25) is 9.59 Å². The molecule has 7 heteroatoms. The van der Waals surface area contributed by atoms with Crippen LogP contribution in [0.15, 0.2) is 78.9 Å². The van der Waals surface area contributed by atoms with Crippen LogP contribution in [0.25, 0.3) is 10.9 Å². The third-order valence-corrected chi connectivity index (χ3v) is 8.71. The Labute approximate surface area is 239 Å². The number of hydrogen-bond donors (Lipinski definition) is 1. The summed E-state index contributed by atoms with van der Waals surface area (Å²) in [4.78, 5) is 31.0. The standard InChI is InChI=1S/C33H34ClN3O3/c1-40-28-17-16-24-19-30-31(38)37(21-23-10-9-13-26(34)18-23)33(22-36(30)29(24)20-28,25-11-5-4-6-12-25)32(39)35-27-14-7-2-3-8-15-27/h4-6,9-13,16-20,27H,2-3,7-8,14-15,21-22H2,1H3,(H,35,39). The number of rotatable bonds is 6. The van der Waals surface area contributed by atoms with Crippen LogP contribution < -0.4 is 10.1 Å². The van der Waals surface area contributed by atoms with Gasteiger partial charge in [0.1, 0.15) is 11.4 Å². The summed E-state index contributed by atoms with van der Waals surface area (Å²) in [5.41, 5.74) is 1.81. The molecule has 0 spiro atoms. The van der Waals surface area contributed by atoms with E-state index in [0.29, 0.717) is 16.5 Å². The maximum absolute atomic E-state index is 14.7. The van der Waals surface area contributed by atoms with Crippen LogP contribution >= 0.6 is 11.6 Å². The first-order chi connectivity index (χ1) is 19.5. The largest absolute Gasteiger partial charge is 0.497 e. The normalized spacial score (nSPS) is 19.8. The summed E-state index contributed by atoms with van der Waals surface area (Å²) in [6.45, 7) is 0.533. The highest BCUT2D eigenvalue weighted by Crippen LogP contribution is 2.41. The van der Waals surface area contributed by atoms with Crippen molar-refractivity contribution in [2.75, 3.05) is 7.11 Å². The first-order valence-corrected chi connectivity index (χ1v) is 14.5. The molecule has 2 aliphatic rings. The number of carbonyl (C=O) groups is 2. The van der Waals surface area contributed by atoms with Crippen LogP contribution in [0, 0.1) is 0 Å². The van der Waals surface area contributed by atoms with Crippen LogP contribution in [0.5, 0.6) is 5.75 Å². The third-order valence-electron chi connectivity index (χ3n) is 8.47. The molecule has 40 heavy (non-hydrogen) atoms. The summed E-state index contributed by atoms with van der Waals surface area (Å²) in [6.07, 6.45) is 6.48. The van der Waals surface area contributed by atoms with Gasteiger partial charge in [-0.1, -0.05) is 79.7 Å². The predicted octanol–water partition coefficient (Wildman–Crippen LogP) is 6.69.